The lowest BCUT2D eigenvalue weighted by Gasteiger charge is -2.14. The number of hydrogen-bond donors (Lipinski definition) is 2. The highest BCUT2D eigenvalue weighted by Crippen LogP contribution is 2.26. The molecular formula is C13H15NO4. The Morgan fingerprint density at radius 1 is 1.56 bits per heavy atom. The van der Waals surface area contributed by atoms with Gasteiger partial charge in [0.15, 0.2) is 0 Å². The van der Waals surface area contributed by atoms with Gasteiger partial charge in [-0.1, -0.05) is 13.0 Å². The summed E-state index contributed by atoms with van der Waals surface area (Å²) in [6, 6.07) is 6.69. The van der Waals surface area contributed by atoms with E-state index in [9.17, 15) is 9.90 Å². The molecule has 1 aromatic rings. The molecule has 0 spiro atoms. The second-order valence-corrected chi connectivity index (χ2v) is 4.06. The summed E-state index contributed by atoms with van der Waals surface area (Å²) in [4.78, 5) is 10.7. The monoisotopic (exact) mass is 249 g/mol. The van der Waals surface area contributed by atoms with Gasteiger partial charge in [-0.15, -0.1) is 0 Å². The van der Waals surface area contributed by atoms with E-state index in [4.69, 9.17) is 15.1 Å². The van der Waals surface area contributed by atoms with E-state index in [-0.39, 0.29) is 6.42 Å². The molecule has 2 N–H and O–H groups in total. The normalized spacial score (nSPS) is 13.4. The third-order valence-corrected chi connectivity index (χ3v) is 2.73. The molecule has 1 aromatic carbocycles. The van der Waals surface area contributed by atoms with E-state index in [1.807, 2.05) is 6.07 Å². The highest BCUT2D eigenvalue weighted by molar-refractivity contribution is 5.69. The number of nitrogens with zero attached hydrogens (tertiary/aromatic N) is 1. The summed E-state index contributed by atoms with van der Waals surface area (Å²) in [5.41, 5.74) is 0.831. The maximum atomic E-state index is 10.7. The fraction of sp³-hybridized carbons (Fsp3) is 0.385. The van der Waals surface area contributed by atoms with Gasteiger partial charge in [-0.05, 0) is 24.1 Å². The molecule has 0 fully saturated rings. The Balaban J connectivity index is 2.90. The van der Waals surface area contributed by atoms with Gasteiger partial charge in [0.25, 0.3) is 0 Å². The Morgan fingerprint density at radius 2 is 2.22 bits per heavy atom. The third-order valence-electron chi connectivity index (χ3n) is 2.73. The number of carboxylic acid groups (broad SMARTS) is 1. The van der Waals surface area contributed by atoms with Gasteiger partial charge in [0.2, 0.25) is 0 Å². The first-order chi connectivity index (χ1) is 8.49. The highest BCUT2D eigenvalue weighted by atomic mass is 16.5. The minimum Gasteiger partial charge on any atom is -0.495 e. The smallest absolute Gasteiger partial charge is 0.306 e. The molecule has 5 heteroatoms. The van der Waals surface area contributed by atoms with Crippen LogP contribution < -0.4 is 4.74 Å². The van der Waals surface area contributed by atoms with Gasteiger partial charge in [-0.3, -0.25) is 4.79 Å². The number of aliphatic carboxylic acids is 1. The summed E-state index contributed by atoms with van der Waals surface area (Å²) >= 11 is 0. The van der Waals surface area contributed by atoms with E-state index < -0.39 is 18.0 Å². The summed E-state index contributed by atoms with van der Waals surface area (Å²) in [7, 11) is 1.46. The molecule has 0 bridgehead atoms. The first kappa shape index (κ1) is 14.0. The molecule has 0 aliphatic heterocycles. The van der Waals surface area contributed by atoms with E-state index in [1.165, 1.54) is 20.1 Å². The van der Waals surface area contributed by atoms with Crippen LogP contribution in [0.3, 0.4) is 0 Å². The average molecular weight is 249 g/mol. The minimum atomic E-state index is -0.955. The molecule has 96 valence electrons. The van der Waals surface area contributed by atoms with E-state index in [2.05, 4.69) is 0 Å². The summed E-state index contributed by atoms with van der Waals surface area (Å²) < 4.78 is 4.99. The number of carboxylic acids is 1. The summed E-state index contributed by atoms with van der Waals surface area (Å²) in [6.45, 7) is 1.53. The van der Waals surface area contributed by atoms with E-state index in [1.54, 1.807) is 12.1 Å². The number of ether oxygens (including phenoxy) is 1. The molecule has 0 saturated carbocycles. The molecule has 2 unspecified atom stereocenters. The molecule has 5 nitrogen and oxygen atoms in total. The number of hydrogen-bond acceptors (Lipinski definition) is 4. The van der Waals surface area contributed by atoms with Gasteiger partial charge in [-0.2, -0.15) is 5.26 Å². The Morgan fingerprint density at radius 3 is 2.72 bits per heavy atom. The number of aliphatic hydroxyl groups is 1. The van der Waals surface area contributed by atoms with Crippen LogP contribution in [0.25, 0.3) is 0 Å². The molecular weight excluding hydrogens is 234 g/mol. The van der Waals surface area contributed by atoms with Crippen LogP contribution in [0.5, 0.6) is 5.75 Å². The van der Waals surface area contributed by atoms with Crippen molar-refractivity contribution in [1.82, 2.24) is 0 Å². The maximum absolute atomic E-state index is 10.7. The van der Waals surface area contributed by atoms with Crippen molar-refractivity contribution in [2.75, 3.05) is 7.11 Å². The molecule has 0 radical (unpaired) electrons. The standard InChI is InChI=1S/C13H15NO4/c1-8(13(16)17)5-11(15)9-3-4-12(18-2)10(6-9)7-14/h3-4,6,8,11,15H,5H2,1-2H3,(H,16,17). The molecule has 2 atom stereocenters. The summed E-state index contributed by atoms with van der Waals surface area (Å²) in [5, 5.41) is 27.6. The van der Waals surface area contributed by atoms with Crippen LogP contribution in [-0.4, -0.2) is 23.3 Å². The molecule has 0 heterocycles. The molecule has 0 saturated heterocycles. The number of benzene rings is 1. The summed E-state index contributed by atoms with van der Waals surface area (Å²) in [5.74, 6) is -1.17. The SMILES string of the molecule is COc1ccc(C(O)CC(C)C(=O)O)cc1C#N. The highest BCUT2D eigenvalue weighted by Gasteiger charge is 2.18. The Kier molecular flexibility index (Phi) is 4.69. The van der Waals surface area contributed by atoms with E-state index in [0.29, 0.717) is 16.9 Å². The lowest BCUT2D eigenvalue weighted by Crippen LogP contribution is -2.13. The minimum absolute atomic E-state index is 0.104. The number of nitriles is 1. The lowest BCUT2D eigenvalue weighted by molar-refractivity contribution is -0.142. The first-order valence-electron chi connectivity index (χ1n) is 5.48. The Bertz CT molecular complexity index is 478. The predicted molar refractivity (Wildman–Crippen MR) is 64.1 cm³/mol. The van der Waals surface area contributed by atoms with Crippen molar-refractivity contribution in [1.29, 1.82) is 5.26 Å². The number of aliphatic hydroxyl groups excluding tert-OH is 1. The van der Waals surface area contributed by atoms with Crippen LogP contribution in [0.15, 0.2) is 18.2 Å². The van der Waals surface area contributed by atoms with Crippen LogP contribution in [0, 0.1) is 17.2 Å². The molecule has 0 aliphatic carbocycles. The molecule has 0 aromatic heterocycles. The molecule has 0 aliphatic rings. The van der Waals surface area contributed by atoms with Crippen molar-refractivity contribution in [3.05, 3.63) is 29.3 Å². The number of carbonyl (C=O) groups is 1. The predicted octanol–water partition coefficient (Wildman–Crippen LogP) is 1.71. The Labute approximate surface area is 105 Å². The van der Waals surface area contributed by atoms with Gasteiger partial charge in [0.1, 0.15) is 11.8 Å². The largest absolute Gasteiger partial charge is 0.495 e. The van der Waals surface area contributed by atoms with Gasteiger partial charge in [-0.25, -0.2) is 0 Å². The van der Waals surface area contributed by atoms with Crippen LogP contribution in [-0.2, 0) is 4.79 Å². The molecule has 0 amide bonds. The first-order valence-corrected chi connectivity index (χ1v) is 5.48. The van der Waals surface area contributed by atoms with Gasteiger partial charge in [0, 0.05) is 0 Å². The van der Waals surface area contributed by atoms with Gasteiger partial charge < -0.3 is 14.9 Å². The van der Waals surface area contributed by atoms with Gasteiger partial charge >= 0.3 is 5.97 Å². The van der Waals surface area contributed by atoms with Gasteiger partial charge in [0.05, 0.1) is 24.7 Å². The van der Waals surface area contributed by atoms with Crippen LogP contribution in [0.1, 0.15) is 30.6 Å². The van der Waals surface area contributed by atoms with Crippen LogP contribution in [0.4, 0.5) is 0 Å². The zero-order valence-corrected chi connectivity index (χ0v) is 10.3. The van der Waals surface area contributed by atoms with Crippen molar-refractivity contribution in [3.8, 4) is 11.8 Å². The zero-order chi connectivity index (χ0) is 13.7. The van der Waals surface area contributed by atoms with Crippen molar-refractivity contribution in [3.63, 3.8) is 0 Å². The number of methoxy groups -OCH3 is 1. The Hall–Kier alpha value is -2.06. The van der Waals surface area contributed by atoms with Crippen molar-refractivity contribution in [2.45, 2.75) is 19.4 Å². The molecule has 1 rings (SSSR count). The van der Waals surface area contributed by atoms with E-state index >= 15 is 0 Å². The molecule has 18 heavy (non-hydrogen) atoms. The fourth-order valence-corrected chi connectivity index (χ4v) is 1.59. The lowest BCUT2D eigenvalue weighted by atomic mass is 9.97. The average Bonchev–Trinajstić information content (AvgIpc) is 2.37. The maximum Gasteiger partial charge on any atom is 0.306 e. The van der Waals surface area contributed by atoms with Crippen molar-refractivity contribution < 1.29 is 19.7 Å². The van der Waals surface area contributed by atoms with Crippen molar-refractivity contribution >= 4 is 5.97 Å². The quantitative estimate of drug-likeness (QED) is 0.829. The topological polar surface area (TPSA) is 90.6 Å². The van der Waals surface area contributed by atoms with Crippen LogP contribution >= 0.6 is 0 Å². The van der Waals surface area contributed by atoms with E-state index in [0.717, 1.165) is 0 Å². The number of rotatable bonds is 5. The third kappa shape index (κ3) is 3.22. The van der Waals surface area contributed by atoms with Crippen molar-refractivity contribution in [2.24, 2.45) is 5.92 Å². The summed E-state index contributed by atoms with van der Waals surface area (Å²) in [6.07, 6.45) is -0.805. The zero-order valence-electron chi connectivity index (χ0n) is 10.3. The van der Waals surface area contributed by atoms with Crippen LogP contribution in [0.2, 0.25) is 0 Å². The second-order valence-electron chi connectivity index (χ2n) is 4.06. The second kappa shape index (κ2) is 6.03. The fourth-order valence-electron chi connectivity index (χ4n) is 1.59.